The monoisotopic (exact) mass is 367 g/mol. The summed E-state index contributed by atoms with van der Waals surface area (Å²) < 4.78 is 28.4. The molecule has 1 fully saturated rings. The molecule has 0 radical (unpaired) electrons. The van der Waals surface area contributed by atoms with Crippen LogP contribution >= 0.6 is 0 Å². The van der Waals surface area contributed by atoms with Gasteiger partial charge in [-0.25, -0.2) is 8.42 Å². The van der Waals surface area contributed by atoms with E-state index in [-0.39, 0.29) is 29.2 Å². The lowest BCUT2D eigenvalue weighted by Gasteiger charge is -2.45. The van der Waals surface area contributed by atoms with Crippen LogP contribution in [0, 0.1) is 6.92 Å². The van der Waals surface area contributed by atoms with Gasteiger partial charge in [0.15, 0.2) is 0 Å². The van der Waals surface area contributed by atoms with Crippen molar-refractivity contribution in [3.63, 3.8) is 0 Å². The molecule has 0 spiro atoms. The van der Waals surface area contributed by atoms with E-state index in [1.54, 1.807) is 0 Å². The molecular formula is C19H29NO4S. The zero-order valence-electron chi connectivity index (χ0n) is 15.6. The van der Waals surface area contributed by atoms with Gasteiger partial charge in [0.05, 0.1) is 11.4 Å². The summed E-state index contributed by atoms with van der Waals surface area (Å²) in [5.74, 6) is -0.144. The van der Waals surface area contributed by atoms with Gasteiger partial charge in [-0.05, 0) is 44.7 Å². The Morgan fingerprint density at radius 3 is 2.56 bits per heavy atom. The second-order valence-corrected chi connectivity index (χ2v) is 10.0. The van der Waals surface area contributed by atoms with Gasteiger partial charge in [-0.2, -0.15) is 0 Å². The van der Waals surface area contributed by atoms with Crippen LogP contribution in [0.25, 0.3) is 0 Å². The van der Waals surface area contributed by atoms with Crippen molar-refractivity contribution in [2.75, 3.05) is 25.2 Å². The Balaban J connectivity index is 2.21. The number of aryl methyl sites for hydroxylation is 1. The molecule has 140 valence electrons. The molecule has 5 nitrogen and oxygen atoms in total. The Kier molecular flexibility index (Phi) is 5.94. The van der Waals surface area contributed by atoms with E-state index in [0.717, 1.165) is 12.8 Å². The highest BCUT2D eigenvalue weighted by molar-refractivity contribution is 7.90. The van der Waals surface area contributed by atoms with E-state index >= 15 is 0 Å². The highest BCUT2D eigenvalue weighted by Crippen LogP contribution is 2.45. The fourth-order valence-electron chi connectivity index (χ4n) is 3.87. The van der Waals surface area contributed by atoms with Crippen LogP contribution in [0.2, 0.25) is 0 Å². The molecule has 1 saturated heterocycles. The summed E-state index contributed by atoms with van der Waals surface area (Å²) in [6.07, 6.45) is 3.05. The first-order chi connectivity index (χ1) is 11.5. The van der Waals surface area contributed by atoms with Crippen LogP contribution in [-0.2, 0) is 24.8 Å². The van der Waals surface area contributed by atoms with Gasteiger partial charge in [0.25, 0.3) is 0 Å². The molecule has 25 heavy (non-hydrogen) atoms. The van der Waals surface area contributed by atoms with Crippen LogP contribution in [0.3, 0.4) is 0 Å². The van der Waals surface area contributed by atoms with Crippen molar-refractivity contribution in [3.8, 4) is 0 Å². The topological polar surface area (TPSA) is 72.5 Å². The van der Waals surface area contributed by atoms with E-state index in [0.29, 0.717) is 13.0 Å². The van der Waals surface area contributed by atoms with Crippen molar-refractivity contribution >= 4 is 15.7 Å². The molecular weight excluding hydrogens is 338 g/mol. The summed E-state index contributed by atoms with van der Waals surface area (Å²) >= 11 is 0. The maximum Gasteiger partial charge on any atom is 0.220 e. The van der Waals surface area contributed by atoms with Crippen molar-refractivity contribution in [1.29, 1.82) is 0 Å². The van der Waals surface area contributed by atoms with E-state index in [9.17, 15) is 13.2 Å². The van der Waals surface area contributed by atoms with E-state index < -0.39 is 9.84 Å². The zero-order valence-corrected chi connectivity index (χ0v) is 16.4. The van der Waals surface area contributed by atoms with E-state index in [1.807, 2.05) is 12.1 Å². The van der Waals surface area contributed by atoms with Gasteiger partial charge in [0.2, 0.25) is 5.91 Å². The number of carbonyl (C=O) groups excluding carboxylic acids is 1. The Bertz CT molecular complexity index is 727. The van der Waals surface area contributed by atoms with Gasteiger partial charge in [-0.15, -0.1) is 0 Å². The largest absolute Gasteiger partial charge is 0.376 e. The van der Waals surface area contributed by atoms with Crippen LogP contribution in [0.4, 0.5) is 0 Å². The van der Waals surface area contributed by atoms with E-state index in [1.165, 1.54) is 17.4 Å². The molecule has 1 aromatic carbocycles. The smallest absolute Gasteiger partial charge is 0.220 e. The Morgan fingerprint density at radius 1 is 1.28 bits per heavy atom. The van der Waals surface area contributed by atoms with Crippen LogP contribution in [0.5, 0.6) is 0 Å². The summed E-state index contributed by atoms with van der Waals surface area (Å²) in [5, 5.41) is 2.77. The van der Waals surface area contributed by atoms with Gasteiger partial charge in [0, 0.05) is 31.2 Å². The lowest BCUT2D eigenvalue weighted by Crippen LogP contribution is -2.47. The lowest BCUT2D eigenvalue weighted by atomic mass is 9.66. The standard InChI is InChI=1S/C19H29NO4S/c1-15-7-5-6-8-16(15)19(9-11-24-18(2,3)14-19)13-17(21)20-10-12-25(4,22)23/h5-8H,9-14H2,1-4H3,(H,20,21)/t19-/m0/s1. The Hall–Kier alpha value is -1.40. The van der Waals surface area contributed by atoms with Crippen molar-refractivity contribution in [2.24, 2.45) is 0 Å². The van der Waals surface area contributed by atoms with Crippen LogP contribution in [0.1, 0.15) is 44.2 Å². The van der Waals surface area contributed by atoms with Crippen molar-refractivity contribution in [3.05, 3.63) is 35.4 Å². The number of hydrogen-bond acceptors (Lipinski definition) is 4. The molecule has 0 unspecified atom stereocenters. The fraction of sp³-hybridized carbons (Fsp3) is 0.632. The minimum absolute atomic E-state index is 0.0370. The predicted molar refractivity (Wildman–Crippen MR) is 99.5 cm³/mol. The number of hydrogen-bond donors (Lipinski definition) is 1. The molecule has 0 bridgehead atoms. The summed E-state index contributed by atoms with van der Waals surface area (Å²) in [7, 11) is -3.08. The van der Waals surface area contributed by atoms with Gasteiger partial charge in [-0.1, -0.05) is 24.3 Å². The third kappa shape index (κ3) is 5.54. The molecule has 1 aliphatic heterocycles. The summed E-state index contributed by atoms with van der Waals surface area (Å²) in [6.45, 7) is 6.95. The summed E-state index contributed by atoms with van der Waals surface area (Å²) in [5.41, 5.74) is 1.77. The molecule has 1 aromatic rings. The first kappa shape index (κ1) is 19.9. The molecule has 0 aromatic heterocycles. The number of amides is 1. The number of nitrogens with one attached hydrogen (secondary N) is 1. The van der Waals surface area contributed by atoms with Crippen molar-refractivity contribution in [1.82, 2.24) is 5.32 Å². The second kappa shape index (κ2) is 7.46. The normalized spacial score (nSPS) is 23.2. The molecule has 1 amide bonds. The number of rotatable bonds is 6. The minimum atomic E-state index is -3.08. The van der Waals surface area contributed by atoms with Gasteiger partial charge < -0.3 is 10.1 Å². The van der Waals surface area contributed by atoms with E-state index in [4.69, 9.17) is 4.74 Å². The quantitative estimate of drug-likeness (QED) is 0.838. The van der Waals surface area contributed by atoms with Gasteiger partial charge >= 0.3 is 0 Å². The number of benzene rings is 1. The van der Waals surface area contributed by atoms with Crippen LogP contribution in [0.15, 0.2) is 24.3 Å². The maximum atomic E-state index is 12.6. The maximum absolute atomic E-state index is 12.6. The summed E-state index contributed by atoms with van der Waals surface area (Å²) in [6, 6.07) is 8.18. The fourth-order valence-corrected chi connectivity index (χ4v) is 4.34. The van der Waals surface area contributed by atoms with Gasteiger partial charge in [0.1, 0.15) is 9.84 Å². The van der Waals surface area contributed by atoms with E-state index in [2.05, 4.69) is 38.2 Å². The molecule has 1 heterocycles. The average molecular weight is 368 g/mol. The third-order valence-electron chi connectivity index (χ3n) is 4.85. The molecule has 6 heteroatoms. The number of ether oxygens (including phenoxy) is 1. The molecule has 2 rings (SSSR count). The first-order valence-corrected chi connectivity index (χ1v) is 10.7. The van der Waals surface area contributed by atoms with Crippen LogP contribution in [-0.4, -0.2) is 45.1 Å². The Morgan fingerprint density at radius 2 is 1.96 bits per heavy atom. The Labute approximate surface area is 151 Å². The number of sulfone groups is 1. The molecule has 1 aliphatic rings. The van der Waals surface area contributed by atoms with Gasteiger partial charge in [-0.3, -0.25) is 4.79 Å². The highest BCUT2D eigenvalue weighted by Gasteiger charge is 2.44. The molecule has 0 aliphatic carbocycles. The molecule has 1 N–H and O–H groups in total. The summed E-state index contributed by atoms with van der Waals surface area (Å²) in [4.78, 5) is 12.6. The van der Waals surface area contributed by atoms with Crippen molar-refractivity contribution in [2.45, 2.75) is 51.0 Å². The third-order valence-corrected chi connectivity index (χ3v) is 5.79. The highest BCUT2D eigenvalue weighted by atomic mass is 32.2. The van der Waals surface area contributed by atoms with Crippen molar-refractivity contribution < 1.29 is 17.9 Å². The SMILES string of the molecule is Cc1ccccc1[C@]1(CC(=O)NCCS(C)(=O)=O)CCOC(C)(C)C1. The number of carbonyl (C=O) groups is 1. The predicted octanol–water partition coefficient (Wildman–Crippen LogP) is 2.37. The minimum Gasteiger partial charge on any atom is -0.376 e. The molecule has 0 saturated carbocycles. The lowest BCUT2D eigenvalue weighted by molar-refractivity contribution is -0.126. The first-order valence-electron chi connectivity index (χ1n) is 8.68. The molecule has 1 atom stereocenters. The second-order valence-electron chi connectivity index (χ2n) is 7.79. The van der Waals surface area contributed by atoms with Crippen LogP contribution < -0.4 is 5.32 Å². The average Bonchev–Trinajstić information content (AvgIpc) is 2.45. The zero-order chi connectivity index (χ0) is 18.7.